The van der Waals surface area contributed by atoms with Gasteiger partial charge in [0, 0.05) is 5.56 Å². The lowest BCUT2D eigenvalue weighted by Crippen LogP contribution is -2.28. The largest absolute Gasteiger partial charge is 0.393 e. The van der Waals surface area contributed by atoms with Gasteiger partial charge in [-0.3, -0.25) is 4.79 Å². The minimum atomic E-state index is -0.326. The van der Waals surface area contributed by atoms with Crippen LogP contribution in [0.2, 0.25) is 0 Å². The molecule has 2 N–H and O–H groups in total. The standard InChI is InChI=1S/C11H13NOS/c1-2-9(11(12)14)10(13)8-6-4-3-5-7-8/h3-7,9H,2H2,1H3,(H2,12,14). The summed E-state index contributed by atoms with van der Waals surface area (Å²) in [6, 6.07) is 9.10. The van der Waals surface area contributed by atoms with Gasteiger partial charge in [0.15, 0.2) is 5.78 Å². The molecule has 0 aliphatic rings. The molecule has 0 aliphatic heterocycles. The molecule has 0 spiro atoms. The van der Waals surface area contributed by atoms with Gasteiger partial charge in [0.05, 0.1) is 10.9 Å². The lowest BCUT2D eigenvalue weighted by atomic mass is 9.95. The second kappa shape index (κ2) is 4.86. The van der Waals surface area contributed by atoms with E-state index in [1.165, 1.54) is 0 Å². The van der Waals surface area contributed by atoms with Crippen LogP contribution < -0.4 is 5.73 Å². The first-order chi connectivity index (χ1) is 6.66. The topological polar surface area (TPSA) is 43.1 Å². The van der Waals surface area contributed by atoms with Crippen molar-refractivity contribution in [2.45, 2.75) is 13.3 Å². The molecule has 0 bridgehead atoms. The zero-order valence-corrected chi connectivity index (χ0v) is 8.88. The van der Waals surface area contributed by atoms with Crippen molar-refractivity contribution >= 4 is 23.0 Å². The summed E-state index contributed by atoms with van der Waals surface area (Å²) in [5.74, 6) is -0.312. The van der Waals surface area contributed by atoms with Gasteiger partial charge in [0.25, 0.3) is 0 Å². The van der Waals surface area contributed by atoms with Gasteiger partial charge < -0.3 is 5.73 Å². The number of hydrogen-bond acceptors (Lipinski definition) is 2. The Hall–Kier alpha value is -1.22. The van der Waals surface area contributed by atoms with Crippen molar-refractivity contribution < 1.29 is 4.79 Å². The molecule has 0 radical (unpaired) electrons. The van der Waals surface area contributed by atoms with Crippen molar-refractivity contribution in [2.75, 3.05) is 0 Å². The maximum Gasteiger partial charge on any atom is 0.172 e. The summed E-state index contributed by atoms with van der Waals surface area (Å²) in [5.41, 5.74) is 6.17. The van der Waals surface area contributed by atoms with Gasteiger partial charge in [-0.1, -0.05) is 49.5 Å². The molecule has 0 saturated carbocycles. The van der Waals surface area contributed by atoms with Crippen LogP contribution in [0.3, 0.4) is 0 Å². The number of ketones is 1. The summed E-state index contributed by atoms with van der Waals surface area (Å²) >= 11 is 4.85. The molecule has 0 amide bonds. The Morgan fingerprint density at radius 1 is 1.43 bits per heavy atom. The van der Waals surface area contributed by atoms with Crippen LogP contribution in [0.15, 0.2) is 30.3 Å². The Kier molecular flexibility index (Phi) is 3.77. The third kappa shape index (κ3) is 2.39. The van der Waals surface area contributed by atoms with E-state index in [-0.39, 0.29) is 16.7 Å². The smallest absolute Gasteiger partial charge is 0.172 e. The predicted octanol–water partition coefficient (Wildman–Crippen LogP) is 2.18. The summed E-state index contributed by atoms with van der Waals surface area (Å²) in [6.07, 6.45) is 0.656. The van der Waals surface area contributed by atoms with Gasteiger partial charge in [0.2, 0.25) is 0 Å². The van der Waals surface area contributed by atoms with Gasteiger partial charge in [-0.25, -0.2) is 0 Å². The van der Waals surface area contributed by atoms with Crippen LogP contribution in [-0.2, 0) is 0 Å². The third-order valence-corrected chi connectivity index (χ3v) is 2.41. The zero-order valence-electron chi connectivity index (χ0n) is 8.07. The van der Waals surface area contributed by atoms with Crippen molar-refractivity contribution in [1.29, 1.82) is 0 Å². The quantitative estimate of drug-likeness (QED) is 0.608. The first-order valence-electron chi connectivity index (χ1n) is 4.55. The Morgan fingerprint density at radius 2 is 2.00 bits per heavy atom. The average molecular weight is 207 g/mol. The SMILES string of the molecule is CCC(C(=O)c1ccccc1)C(N)=S. The molecule has 1 aromatic rings. The summed E-state index contributed by atoms with van der Waals surface area (Å²) in [7, 11) is 0. The van der Waals surface area contributed by atoms with Crippen LogP contribution in [0.25, 0.3) is 0 Å². The predicted molar refractivity (Wildman–Crippen MR) is 61.3 cm³/mol. The molecule has 2 nitrogen and oxygen atoms in total. The van der Waals surface area contributed by atoms with Crippen molar-refractivity contribution in [1.82, 2.24) is 0 Å². The van der Waals surface area contributed by atoms with Gasteiger partial charge in [-0.15, -0.1) is 0 Å². The van der Waals surface area contributed by atoms with Crippen molar-refractivity contribution in [3.63, 3.8) is 0 Å². The summed E-state index contributed by atoms with van der Waals surface area (Å²) in [6.45, 7) is 1.91. The van der Waals surface area contributed by atoms with E-state index in [1.54, 1.807) is 12.1 Å². The molecule has 0 saturated heterocycles. The second-order valence-electron chi connectivity index (χ2n) is 3.09. The van der Waals surface area contributed by atoms with Gasteiger partial charge >= 0.3 is 0 Å². The fourth-order valence-electron chi connectivity index (χ4n) is 1.32. The number of rotatable bonds is 4. The summed E-state index contributed by atoms with van der Waals surface area (Å²) in [4.78, 5) is 12.1. The monoisotopic (exact) mass is 207 g/mol. The molecule has 1 rings (SSSR count). The fourth-order valence-corrected chi connectivity index (χ4v) is 1.59. The van der Waals surface area contributed by atoms with Crippen LogP contribution in [0.5, 0.6) is 0 Å². The number of thiocarbonyl (C=S) groups is 1. The zero-order chi connectivity index (χ0) is 10.6. The maximum absolute atomic E-state index is 11.8. The molecule has 74 valence electrons. The third-order valence-electron chi connectivity index (χ3n) is 2.13. The number of Topliss-reactive ketones (excluding diaryl/α,β-unsaturated/α-hetero) is 1. The minimum absolute atomic E-state index is 0.0144. The van der Waals surface area contributed by atoms with E-state index in [9.17, 15) is 4.79 Å². The first kappa shape index (κ1) is 10.9. The Bertz CT molecular complexity index is 334. The Morgan fingerprint density at radius 3 is 2.43 bits per heavy atom. The average Bonchev–Trinajstić information content (AvgIpc) is 2.19. The number of benzene rings is 1. The van der Waals surface area contributed by atoms with Crippen LogP contribution in [0, 0.1) is 5.92 Å². The molecular weight excluding hydrogens is 194 g/mol. The molecular formula is C11H13NOS. The van der Waals surface area contributed by atoms with E-state index in [0.717, 1.165) is 0 Å². The minimum Gasteiger partial charge on any atom is -0.393 e. The molecule has 1 atom stereocenters. The Labute approximate surface area is 89.1 Å². The van der Waals surface area contributed by atoms with Crippen LogP contribution in [-0.4, -0.2) is 10.8 Å². The van der Waals surface area contributed by atoms with Gasteiger partial charge in [-0.05, 0) is 6.42 Å². The van der Waals surface area contributed by atoms with Crippen molar-refractivity contribution in [3.05, 3.63) is 35.9 Å². The number of hydrogen-bond donors (Lipinski definition) is 1. The highest BCUT2D eigenvalue weighted by atomic mass is 32.1. The van der Waals surface area contributed by atoms with E-state index >= 15 is 0 Å². The van der Waals surface area contributed by atoms with Crippen LogP contribution >= 0.6 is 12.2 Å². The molecule has 1 unspecified atom stereocenters. The lowest BCUT2D eigenvalue weighted by molar-refractivity contribution is 0.0953. The van der Waals surface area contributed by atoms with Gasteiger partial charge in [-0.2, -0.15) is 0 Å². The van der Waals surface area contributed by atoms with Crippen molar-refractivity contribution in [3.8, 4) is 0 Å². The lowest BCUT2D eigenvalue weighted by Gasteiger charge is -2.11. The number of nitrogens with two attached hydrogens (primary N) is 1. The van der Waals surface area contributed by atoms with E-state index in [2.05, 4.69) is 0 Å². The van der Waals surface area contributed by atoms with E-state index in [0.29, 0.717) is 12.0 Å². The van der Waals surface area contributed by atoms with E-state index in [1.807, 2.05) is 25.1 Å². The highest BCUT2D eigenvalue weighted by molar-refractivity contribution is 7.80. The molecule has 3 heteroatoms. The normalized spacial score (nSPS) is 12.1. The maximum atomic E-state index is 11.8. The van der Waals surface area contributed by atoms with Crippen molar-refractivity contribution in [2.24, 2.45) is 11.7 Å². The number of carbonyl (C=O) groups is 1. The van der Waals surface area contributed by atoms with Crippen LogP contribution in [0.4, 0.5) is 0 Å². The molecule has 0 fully saturated rings. The summed E-state index contributed by atoms with van der Waals surface area (Å²) < 4.78 is 0. The molecule has 1 aromatic carbocycles. The highest BCUT2D eigenvalue weighted by Crippen LogP contribution is 2.12. The van der Waals surface area contributed by atoms with Gasteiger partial charge in [0.1, 0.15) is 0 Å². The van der Waals surface area contributed by atoms with Crippen LogP contribution in [0.1, 0.15) is 23.7 Å². The number of carbonyl (C=O) groups excluding carboxylic acids is 1. The highest BCUT2D eigenvalue weighted by Gasteiger charge is 2.20. The molecule has 0 aliphatic carbocycles. The van der Waals surface area contributed by atoms with E-state index < -0.39 is 0 Å². The summed E-state index contributed by atoms with van der Waals surface area (Å²) in [5, 5.41) is 0. The van der Waals surface area contributed by atoms with E-state index in [4.69, 9.17) is 18.0 Å². The molecule has 0 aromatic heterocycles. The molecule has 0 heterocycles. The second-order valence-corrected chi connectivity index (χ2v) is 3.56. The first-order valence-corrected chi connectivity index (χ1v) is 4.96. The molecule has 14 heavy (non-hydrogen) atoms. The Balaban J connectivity index is 2.89. The fraction of sp³-hybridized carbons (Fsp3) is 0.273.